The maximum Gasteiger partial charge on any atom is 0.280 e. The molecule has 4 nitrogen and oxygen atoms in total. The third-order valence-electron chi connectivity index (χ3n) is 2.41. The van der Waals surface area contributed by atoms with Crippen LogP contribution in [0.25, 0.3) is 18.5 Å². The quantitative estimate of drug-likeness (QED) is 0.779. The Hall–Kier alpha value is -2.23. The molecular weight excluding hydrogens is 214 g/mol. The van der Waals surface area contributed by atoms with Gasteiger partial charge in [0.25, 0.3) is 5.56 Å². The van der Waals surface area contributed by atoms with E-state index in [2.05, 4.69) is 11.7 Å². The molecule has 2 aromatic rings. The molecule has 0 unspecified atom stereocenters. The van der Waals surface area contributed by atoms with Gasteiger partial charge in [0.2, 0.25) is 0 Å². The zero-order chi connectivity index (χ0) is 12.4. The van der Waals surface area contributed by atoms with Crippen molar-refractivity contribution in [2.45, 2.75) is 0 Å². The van der Waals surface area contributed by atoms with Crippen LogP contribution in [0.5, 0.6) is 0 Å². The van der Waals surface area contributed by atoms with Crippen molar-refractivity contribution in [1.29, 1.82) is 0 Å². The van der Waals surface area contributed by atoms with Gasteiger partial charge in [-0.25, -0.2) is 4.68 Å². The maximum absolute atomic E-state index is 12.2. The van der Waals surface area contributed by atoms with E-state index in [0.717, 1.165) is 5.69 Å². The van der Waals surface area contributed by atoms with Gasteiger partial charge in [0, 0.05) is 20.3 Å². The second kappa shape index (κ2) is 4.33. The maximum atomic E-state index is 12.2. The molecule has 1 aromatic heterocycles. The molecule has 0 aliphatic rings. The molecule has 4 heteroatoms. The van der Waals surface area contributed by atoms with E-state index in [-0.39, 0.29) is 5.56 Å². The standard InChI is InChI=1S/C13H15N3O/c1-10-12(9-15(2)3)13(17)16(14-10)11-7-5-4-6-8-11/h4-9,14H,1H2,2-3H3/b12-9+. The summed E-state index contributed by atoms with van der Waals surface area (Å²) in [6.45, 7) is 3.85. The van der Waals surface area contributed by atoms with Crippen LogP contribution in [0.1, 0.15) is 0 Å². The third kappa shape index (κ3) is 2.15. The molecule has 2 rings (SSSR count). The average Bonchev–Trinajstić information content (AvgIpc) is 2.58. The van der Waals surface area contributed by atoms with Crippen LogP contribution < -0.4 is 16.1 Å². The van der Waals surface area contributed by atoms with Crippen LogP contribution in [0.3, 0.4) is 0 Å². The van der Waals surface area contributed by atoms with E-state index in [0.29, 0.717) is 10.6 Å². The Kier molecular flexibility index (Phi) is 2.87. The highest BCUT2D eigenvalue weighted by Gasteiger charge is 2.03. The zero-order valence-corrected chi connectivity index (χ0v) is 9.97. The number of rotatable bonds is 2. The minimum Gasteiger partial charge on any atom is -0.383 e. The Labute approximate surface area is 99.1 Å². The smallest absolute Gasteiger partial charge is 0.280 e. The molecule has 1 aromatic carbocycles. The summed E-state index contributed by atoms with van der Waals surface area (Å²) in [7, 11) is 3.75. The summed E-state index contributed by atoms with van der Waals surface area (Å²) < 4.78 is 1.50. The number of para-hydroxylation sites is 1. The van der Waals surface area contributed by atoms with Gasteiger partial charge in [-0.05, 0) is 12.1 Å². The van der Waals surface area contributed by atoms with Crippen LogP contribution in [-0.4, -0.2) is 28.8 Å². The fourth-order valence-electron chi connectivity index (χ4n) is 1.65. The fraction of sp³-hybridized carbons (Fsp3) is 0.154. The van der Waals surface area contributed by atoms with Gasteiger partial charge in [-0.2, -0.15) is 0 Å². The number of H-pyrrole nitrogens is 1. The van der Waals surface area contributed by atoms with Crippen molar-refractivity contribution in [2.75, 3.05) is 14.1 Å². The number of aromatic amines is 1. The van der Waals surface area contributed by atoms with E-state index in [1.54, 1.807) is 6.20 Å². The molecule has 1 N–H and O–H groups in total. The van der Waals surface area contributed by atoms with Gasteiger partial charge in [-0.1, -0.05) is 24.8 Å². The normalized spacial score (nSPS) is 11.8. The first-order chi connectivity index (χ1) is 8.09. The molecule has 0 amide bonds. The predicted molar refractivity (Wildman–Crippen MR) is 69.3 cm³/mol. The summed E-state index contributed by atoms with van der Waals surface area (Å²) in [5.41, 5.74) is 0.718. The fourth-order valence-corrected chi connectivity index (χ4v) is 1.65. The zero-order valence-electron chi connectivity index (χ0n) is 9.97. The van der Waals surface area contributed by atoms with Crippen molar-refractivity contribution in [3.8, 4) is 5.69 Å². The van der Waals surface area contributed by atoms with Crippen molar-refractivity contribution in [1.82, 2.24) is 14.7 Å². The summed E-state index contributed by atoms with van der Waals surface area (Å²) in [6.07, 6.45) is 1.76. The molecule has 0 bridgehead atoms. The highest BCUT2D eigenvalue weighted by atomic mass is 16.1. The largest absolute Gasteiger partial charge is 0.383 e. The average molecular weight is 229 g/mol. The first-order valence-corrected chi connectivity index (χ1v) is 5.33. The Bertz CT molecular complexity index is 665. The van der Waals surface area contributed by atoms with Gasteiger partial charge in [-0.15, -0.1) is 0 Å². The van der Waals surface area contributed by atoms with Crippen LogP contribution >= 0.6 is 0 Å². The summed E-state index contributed by atoms with van der Waals surface area (Å²) in [4.78, 5) is 14.0. The number of benzene rings is 1. The minimum atomic E-state index is -0.0881. The Morgan fingerprint density at radius 1 is 1.29 bits per heavy atom. The highest BCUT2D eigenvalue weighted by molar-refractivity contribution is 5.31. The molecule has 0 saturated heterocycles. The van der Waals surface area contributed by atoms with E-state index in [4.69, 9.17) is 0 Å². The second-order valence-electron chi connectivity index (χ2n) is 4.07. The van der Waals surface area contributed by atoms with E-state index < -0.39 is 0 Å². The van der Waals surface area contributed by atoms with Gasteiger partial charge in [0.05, 0.1) is 16.3 Å². The van der Waals surface area contributed by atoms with E-state index in [9.17, 15) is 4.79 Å². The molecule has 88 valence electrons. The van der Waals surface area contributed by atoms with Crippen molar-refractivity contribution in [2.24, 2.45) is 0 Å². The molecule has 0 aliphatic carbocycles. The Morgan fingerprint density at radius 2 is 1.94 bits per heavy atom. The van der Waals surface area contributed by atoms with Gasteiger partial charge < -0.3 is 4.90 Å². The van der Waals surface area contributed by atoms with Crippen LogP contribution in [0.15, 0.2) is 35.1 Å². The lowest BCUT2D eigenvalue weighted by atomic mass is 10.3. The summed E-state index contributed by atoms with van der Waals surface area (Å²) in [6, 6.07) is 9.43. The van der Waals surface area contributed by atoms with Crippen LogP contribution in [0, 0.1) is 0 Å². The molecule has 0 saturated carbocycles. The monoisotopic (exact) mass is 229 g/mol. The molecule has 0 radical (unpaired) electrons. The van der Waals surface area contributed by atoms with E-state index in [1.165, 1.54) is 4.68 Å². The van der Waals surface area contributed by atoms with Crippen LogP contribution in [-0.2, 0) is 0 Å². The first-order valence-electron chi connectivity index (χ1n) is 5.33. The molecular formula is C13H15N3O. The lowest BCUT2D eigenvalue weighted by Crippen LogP contribution is -2.35. The van der Waals surface area contributed by atoms with Crippen LogP contribution in [0.4, 0.5) is 0 Å². The number of nitrogens with one attached hydrogen (secondary N) is 1. The SMILES string of the molecule is C=c1[nH]n(-c2ccccc2)c(=O)/c1=C/N(C)C. The lowest BCUT2D eigenvalue weighted by molar-refractivity contribution is 0.613. The van der Waals surface area contributed by atoms with Crippen LogP contribution in [0.2, 0.25) is 0 Å². The number of hydrogen-bond donors (Lipinski definition) is 1. The number of hydrogen-bond acceptors (Lipinski definition) is 2. The van der Waals surface area contributed by atoms with Crippen molar-refractivity contribution >= 4 is 12.8 Å². The molecule has 1 heterocycles. The van der Waals surface area contributed by atoms with Crippen molar-refractivity contribution in [3.05, 3.63) is 51.3 Å². The minimum absolute atomic E-state index is 0.0881. The van der Waals surface area contributed by atoms with E-state index in [1.807, 2.05) is 49.3 Å². The van der Waals surface area contributed by atoms with Gasteiger partial charge in [0.1, 0.15) is 0 Å². The van der Waals surface area contributed by atoms with Crippen molar-refractivity contribution in [3.63, 3.8) is 0 Å². The summed E-state index contributed by atoms with van der Waals surface area (Å²) in [5.74, 6) is 0. The van der Waals surface area contributed by atoms with Gasteiger partial charge >= 0.3 is 0 Å². The molecule has 0 spiro atoms. The highest BCUT2D eigenvalue weighted by Crippen LogP contribution is 1.99. The first kappa shape index (κ1) is 11.3. The van der Waals surface area contributed by atoms with Crippen molar-refractivity contribution < 1.29 is 0 Å². The molecule has 0 aliphatic heterocycles. The number of nitrogens with zero attached hydrogens (tertiary/aromatic N) is 2. The Balaban J connectivity index is 2.69. The molecule has 17 heavy (non-hydrogen) atoms. The second-order valence-corrected chi connectivity index (χ2v) is 4.07. The number of aromatic nitrogens is 2. The predicted octanol–water partition coefficient (Wildman–Crippen LogP) is -0.125. The third-order valence-corrected chi connectivity index (χ3v) is 2.41. The Morgan fingerprint density at radius 3 is 2.53 bits per heavy atom. The topological polar surface area (TPSA) is 41.0 Å². The summed E-state index contributed by atoms with van der Waals surface area (Å²) >= 11 is 0. The van der Waals surface area contributed by atoms with Gasteiger partial charge in [-0.3, -0.25) is 9.89 Å². The van der Waals surface area contributed by atoms with Gasteiger partial charge in [0.15, 0.2) is 0 Å². The lowest BCUT2D eigenvalue weighted by Gasteiger charge is -2.01. The molecule has 0 atom stereocenters. The van der Waals surface area contributed by atoms with E-state index >= 15 is 0 Å². The molecule has 0 fully saturated rings. The summed E-state index contributed by atoms with van der Waals surface area (Å²) in [5, 5.41) is 4.17.